The third kappa shape index (κ3) is 8.72. The molecule has 0 atom stereocenters. The van der Waals surface area contributed by atoms with Gasteiger partial charge in [0.1, 0.15) is 0 Å². The van der Waals surface area contributed by atoms with E-state index in [0.717, 1.165) is 5.75 Å². The van der Waals surface area contributed by atoms with Crippen molar-refractivity contribution >= 4 is 81.0 Å². The molecular weight excluding hydrogens is 731 g/mol. The van der Waals surface area contributed by atoms with Crippen LogP contribution in [-0.2, 0) is 5.75 Å². The van der Waals surface area contributed by atoms with E-state index in [4.69, 9.17) is 0 Å². The lowest BCUT2D eigenvalue weighted by Gasteiger charge is -2.28. The van der Waals surface area contributed by atoms with Crippen LogP contribution >= 0.6 is 27.6 Å². The Hall–Kier alpha value is -4.51. The van der Waals surface area contributed by atoms with Crippen LogP contribution in [0.3, 0.4) is 0 Å². The maximum absolute atomic E-state index is 2.48. The van der Waals surface area contributed by atoms with Crippen LogP contribution in [-0.4, -0.2) is 5.75 Å². The maximum atomic E-state index is 2.48. The van der Waals surface area contributed by atoms with Gasteiger partial charge in [0.15, 0.2) is 0 Å². The summed E-state index contributed by atoms with van der Waals surface area (Å²) in [5.74, 6) is 2.28. The fourth-order valence-electron chi connectivity index (χ4n) is 7.95. The minimum Gasteiger partial charge on any atom is -0.157 e. The molecule has 0 unspecified atom stereocenters. The van der Waals surface area contributed by atoms with Gasteiger partial charge < -0.3 is 0 Å². The van der Waals surface area contributed by atoms with Crippen LogP contribution in [0.4, 0.5) is 0 Å². The first-order valence-corrected chi connectivity index (χ1v) is 24.1. The first kappa shape index (κ1) is 38.4. The molecule has 8 aromatic rings. The number of benzene rings is 8. The van der Waals surface area contributed by atoms with E-state index in [0.29, 0.717) is 0 Å². The van der Waals surface area contributed by atoms with Crippen LogP contribution in [0.25, 0.3) is 32.7 Å². The Balaban J connectivity index is 1.35. The topological polar surface area (TPSA) is 0 Å². The van der Waals surface area contributed by atoms with Crippen LogP contribution in [0.5, 0.6) is 0 Å². The summed E-state index contributed by atoms with van der Waals surface area (Å²) in [5.41, 5.74) is 4.15. The molecule has 0 radical (unpaired) electrons. The summed E-state index contributed by atoms with van der Waals surface area (Å²) in [7, 11) is -1.76. The zero-order chi connectivity index (χ0) is 37.9. The molecule has 278 valence electrons. The predicted octanol–water partition coefficient (Wildman–Crippen LogP) is 12.8. The Bertz CT molecular complexity index is 2390. The molecule has 0 heterocycles. The third-order valence-corrected chi connectivity index (χ3v) is 16.8. The molecule has 8 aromatic carbocycles. The molecule has 8 rings (SSSR count). The van der Waals surface area contributed by atoms with Crippen molar-refractivity contribution in [3.8, 4) is 11.1 Å². The van der Waals surface area contributed by atoms with E-state index in [9.17, 15) is 0 Å². The molecule has 0 aliphatic rings. The van der Waals surface area contributed by atoms with Crippen LogP contribution in [0.1, 0.15) is 51.0 Å². The van der Waals surface area contributed by atoms with Gasteiger partial charge in [0.25, 0.3) is 0 Å². The molecule has 0 aliphatic carbocycles. The Morgan fingerprint density at radius 2 is 0.839 bits per heavy atom. The van der Waals surface area contributed by atoms with Gasteiger partial charge in [-0.05, 0) is 98.1 Å². The molecule has 0 aliphatic heterocycles. The van der Waals surface area contributed by atoms with Crippen LogP contribution in [0.2, 0.25) is 0 Å². The van der Waals surface area contributed by atoms with E-state index >= 15 is 0 Å². The van der Waals surface area contributed by atoms with Crippen molar-refractivity contribution in [1.82, 2.24) is 0 Å². The van der Waals surface area contributed by atoms with Crippen molar-refractivity contribution < 1.29 is 0 Å². The summed E-state index contributed by atoms with van der Waals surface area (Å²) < 4.78 is 0. The van der Waals surface area contributed by atoms with E-state index in [-0.39, 0.29) is 0 Å². The number of fused-ring (bicyclic) bond motifs is 2. The van der Waals surface area contributed by atoms with Crippen molar-refractivity contribution in [2.45, 2.75) is 51.2 Å². The number of hydrogen-bond donors (Lipinski definition) is 0. The van der Waals surface area contributed by atoms with Gasteiger partial charge in [-0.3, -0.25) is 0 Å². The molecule has 3 heteroatoms. The Kier molecular flexibility index (Phi) is 13.1. The van der Waals surface area contributed by atoms with E-state index in [1.54, 1.807) is 0 Å². The highest BCUT2D eigenvalue weighted by molar-refractivity contribution is 7.98. The van der Waals surface area contributed by atoms with E-state index < -0.39 is 15.8 Å². The van der Waals surface area contributed by atoms with E-state index in [1.165, 1.54) is 114 Å². The largest absolute Gasteiger partial charge is 0.157 e. The van der Waals surface area contributed by atoms with Gasteiger partial charge in [-0.1, -0.05) is 227 Å². The summed E-state index contributed by atoms with van der Waals surface area (Å²) >= 11 is 2.09. The van der Waals surface area contributed by atoms with E-state index in [2.05, 4.69) is 207 Å². The van der Waals surface area contributed by atoms with E-state index in [1.807, 2.05) is 0 Å². The molecule has 0 bridgehead atoms. The zero-order valence-electron chi connectivity index (χ0n) is 32.4. The second-order valence-electron chi connectivity index (χ2n) is 14.5. The first-order chi connectivity index (χ1) is 27.8. The quantitative estimate of drug-likeness (QED) is 0.0695. The molecule has 0 saturated heterocycles. The fraction of sp³-hybridized carbons (Fsp3) is 0.170. The van der Waals surface area contributed by atoms with Gasteiger partial charge in [0, 0.05) is 5.75 Å². The van der Waals surface area contributed by atoms with Crippen molar-refractivity contribution in [2.24, 2.45) is 0 Å². The standard InChI is InChI=1S/C53H50P2S/c1-2-3-4-5-6-21-38-56-40-41-32-35-49-43(39-41)34-37-51(55(46-27-15-9-16-28-46)47-29-17-10-18-30-47)53(49)52-48-31-20-19-22-42(48)33-36-50(52)54(44-23-11-7-12-24-44)45-25-13-8-14-26-45/h7-20,22-37,39H,2-6,21,38,40H2,1H3. The summed E-state index contributed by atoms with van der Waals surface area (Å²) in [6.45, 7) is 2.29. The summed E-state index contributed by atoms with van der Waals surface area (Å²) in [4.78, 5) is 0. The molecule has 0 nitrogen and oxygen atoms in total. The smallest absolute Gasteiger partial charge is 0.0184 e. The molecule has 0 spiro atoms. The second-order valence-corrected chi connectivity index (χ2v) is 20.0. The highest BCUT2D eigenvalue weighted by Crippen LogP contribution is 2.46. The van der Waals surface area contributed by atoms with Gasteiger partial charge in [-0.15, -0.1) is 0 Å². The van der Waals surface area contributed by atoms with Gasteiger partial charge >= 0.3 is 0 Å². The van der Waals surface area contributed by atoms with Gasteiger partial charge in [-0.2, -0.15) is 11.8 Å². The van der Waals surface area contributed by atoms with Crippen molar-refractivity contribution in [3.63, 3.8) is 0 Å². The third-order valence-electron chi connectivity index (χ3n) is 10.7. The molecule has 0 aromatic heterocycles. The van der Waals surface area contributed by atoms with Gasteiger partial charge in [-0.25, -0.2) is 0 Å². The lowest BCUT2D eigenvalue weighted by molar-refractivity contribution is 0.627. The minimum atomic E-state index is -0.883. The van der Waals surface area contributed by atoms with Crippen molar-refractivity contribution in [2.75, 3.05) is 5.75 Å². The lowest BCUT2D eigenvalue weighted by atomic mass is 9.93. The second kappa shape index (κ2) is 19.1. The van der Waals surface area contributed by atoms with Crippen LogP contribution in [0.15, 0.2) is 188 Å². The van der Waals surface area contributed by atoms with Crippen LogP contribution in [0, 0.1) is 0 Å². The lowest BCUT2D eigenvalue weighted by Crippen LogP contribution is -2.26. The van der Waals surface area contributed by atoms with Gasteiger partial charge in [0.05, 0.1) is 0 Å². The Morgan fingerprint density at radius 3 is 1.38 bits per heavy atom. The summed E-state index contributed by atoms with van der Waals surface area (Å²) in [5, 5.41) is 13.5. The highest BCUT2D eigenvalue weighted by atomic mass is 32.2. The molecule has 0 fully saturated rings. The van der Waals surface area contributed by atoms with Crippen LogP contribution < -0.4 is 31.8 Å². The molecule has 0 N–H and O–H groups in total. The predicted molar refractivity (Wildman–Crippen MR) is 254 cm³/mol. The molecular formula is C53H50P2S. The summed E-state index contributed by atoms with van der Waals surface area (Å²) in [6, 6.07) is 71.0. The van der Waals surface area contributed by atoms with Gasteiger partial charge in [0.2, 0.25) is 0 Å². The van der Waals surface area contributed by atoms with Crippen molar-refractivity contribution in [3.05, 3.63) is 194 Å². The maximum Gasteiger partial charge on any atom is 0.0184 e. The normalized spacial score (nSPS) is 11.6. The minimum absolute atomic E-state index is 0.879. The SMILES string of the molecule is CCCCCCCCSCc1ccc2c(-c3c(P(c4ccccc4)c4ccccc4)ccc4ccccc34)c(P(c3ccccc3)c3ccccc3)ccc2c1. The molecule has 56 heavy (non-hydrogen) atoms. The first-order valence-electron chi connectivity index (χ1n) is 20.3. The number of rotatable bonds is 16. The summed E-state index contributed by atoms with van der Waals surface area (Å²) in [6.07, 6.45) is 8.09. The average Bonchev–Trinajstić information content (AvgIpc) is 3.26. The molecule has 0 amide bonds. The highest BCUT2D eigenvalue weighted by Gasteiger charge is 2.28. The Labute approximate surface area is 340 Å². The fourth-order valence-corrected chi connectivity index (χ4v) is 13.9. The van der Waals surface area contributed by atoms with Crippen molar-refractivity contribution in [1.29, 1.82) is 0 Å². The monoisotopic (exact) mass is 780 g/mol. The molecule has 0 saturated carbocycles. The average molecular weight is 781 g/mol. The number of hydrogen-bond acceptors (Lipinski definition) is 1. The zero-order valence-corrected chi connectivity index (χ0v) is 35.0. The number of unbranched alkanes of at least 4 members (excludes halogenated alkanes) is 5. The number of thioether (sulfide) groups is 1. The Morgan fingerprint density at radius 1 is 0.393 bits per heavy atom.